The van der Waals surface area contributed by atoms with E-state index < -0.39 is 0 Å². The number of hydrogen-bond acceptors (Lipinski definition) is 4. The molecule has 2 radical (unpaired) electrons. The highest BCUT2D eigenvalue weighted by Crippen LogP contribution is 2.21. The number of aryl methyl sites for hydroxylation is 1. The summed E-state index contributed by atoms with van der Waals surface area (Å²) in [4.78, 5) is 5.24. The largest absolute Gasteiger partial charge is 0.414 e. The van der Waals surface area contributed by atoms with Gasteiger partial charge in [0.05, 0.1) is 5.69 Å². The first-order valence-electron chi connectivity index (χ1n) is 3.31. The van der Waals surface area contributed by atoms with E-state index in [1.54, 1.807) is 0 Å². The normalized spacial score (nSPS) is 10.0. The minimum Gasteiger partial charge on any atom is -0.414 e. The Hall–Kier alpha value is -0.545. The van der Waals surface area contributed by atoms with Gasteiger partial charge in [-0.1, -0.05) is 0 Å². The Morgan fingerprint density at radius 2 is 2.45 bits per heavy atom. The van der Waals surface area contributed by atoms with Gasteiger partial charge < -0.3 is 10.3 Å². The lowest BCUT2D eigenvalue weighted by Gasteiger charge is -1.91. The minimum atomic E-state index is 0.134. The Morgan fingerprint density at radius 1 is 1.73 bits per heavy atom. The van der Waals surface area contributed by atoms with Gasteiger partial charge in [0.2, 0.25) is 7.98 Å². The summed E-state index contributed by atoms with van der Waals surface area (Å²) in [6, 6.07) is 0. The number of rotatable bonds is 3. The van der Waals surface area contributed by atoms with Gasteiger partial charge in [-0.2, -0.15) is 0 Å². The van der Waals surface area contributed by atoms with Gasteiger partial charge in [0.15, 0.2) is 5.13 Å². The molecule has 0 aromatic carbocycles. The van der Waals surface area contributed by atoms with Crippen LogP contribution in [0, 0.1) is 6.92 Å². The fourth-order valence-corrected chi connectivity index (χ4v) is 1.60. The van der Waals surface area contributed by atoms with Crippen molar-refractivity contribution in [3.8, 4) is 0 Å². The summed E-state index contributed by atoms with van der Waals surface area (Å²) in [5.74, 6) is 0. The quantitative estimate of drug-likeness (QED) is 0.645. The molecule has 0 saturated carbocycles. The van der Waals surface area contributed by atoms with Crippen LogP contribution in [0.25, 0.3) is 0 Å². The van der Waals surface area contributed by atoms with E-state index in [4.69, 9.17) is 13.1 Å². The number of hydrogen-bond donors (Lipinski definition) is 2. The maximum Gasteiger partial charge on any atom is 0.225 e. The summed E-state index contributed by atoms with van der Waals surface area (Å²) in [6.45, 7) is 2.10. The third-order valence-corrected chi connectivity index (χ3v) is 2.31. The fourth-order valence-electron chi connectivity index (χ4n) is 0.828. The first-order valence-corrected chi connectivity index (χ1v) is 4.13. The van der Waals surface area contributed by atoms with Crippen LogP contribution in [0.5, 0.6) is 0 Å². The molecular weight excluding hydrogens is 159 g/mol. The molecule has 0 aliphatic heterocycles. The zero-order chi connectivity index (χ0) is 8.27. The van der Waals surface area contributed by atoms with Crippen LogP contribution in [0.2, 0.25) is 0 Å². The van der Waals surface area contributed by atoms with Crippen LogP contribution in [0.15, 0.2) is 0 Å². The van der Waals surface area contributed by atoms with Crippen molar-refractivity contribution in [2.45, 2.75) is 13.3 Å². The first kappa shape index (κ1) is 8.55. The van der Waals surface area contributed by atoms with Crippen LogP contribution in [-0.4, -0.2) is 24.7 Å². The molecule has 0 fully saturated rings. The molecule has 3 nitrogen and oxygen atoms in total. The molecule has 0 bridgehead atoms. The molecule has 11 heavy (non-hydrogen) atoms. The van der Waals surface area contributed by atoms with Crippen molar-refractivity contribution in [3.63, 3.8) is 0 Å². The number of aliphatic hydroxyl groups excluding tert-OH is 1. The summed E-state index contributed by atoms with van der Waals surface area (Å²) < 4.78 is 0. The van der Waals surface area contributed by atoms with E-state index in [2.05, 4.69) is 10.2 Å². The van der Waals surface area contributed by atoms with Crippen molar-refractivity contribution < 1.29 is 5.11 Å². The number of aliphatic hydroxyl groups is 1. The predicted octanol–water partition coefficient (Wildman–Crippen LogP) is 0.482. The molecule has 0 saturated heterocycles. The topological polar surface area (TPSA) is 45.2 Å². The molecule has 1 aromatic rings. The van der Waals surface area contributed by atoms with E-state index >= 15 is 0 Å². The molecule has 0 unspecified atom stereocenters. The van der Waals surface area contributed by atoms with Gasteiger partial charge >= 0.3 is 0 Å². The molecule has 1 rings (SSSR count). The van der Waals surface area contributed by atoms with Crippen molar-refractivity contribution in [1.29, 1.82) is 0 Å². The van der Waals surface area contributed by atoms with Crippen molar-refractivity contribution in [2.75, 3.05) is 11.8 Å². The molecule has 1 heterocycles. The van der Waals surface area contributed by atoms with Crippen LogP contribution in [0.1, 0.15) is 10.6 Å². The molecule has 0 aliphatic carbocycles. The molecule has 1 aromatic heterocycles. The van der Waals surface area contributed by atoms with Gasteiger partial charge in [-0.15, -0.1) is 11.3 Å². The highest BCUT2D eigenvalue weighted by Gasteiger charge is 2.04. The number of nitrogens with one attached hydrogen (secondary N) is 1. The van der Waals surface area contributed by atoms with E-state index in [0.717, 1.165) is 10.6 Å². The van der Waals surface area contributed by atoms with Gasteiger partial charge in [0.25, 0.3) is 0 Å². The van der Waals surface area contributed by atoms with E-state index in [9.17, 15) is 0 Å². The summed E-state index contributed by atoms with van der Waals surface area (Å²) in [6.07, 6.45) is 0.601. The average Bonchev–Trinajstić information content (AvgIpc) is 2.33. The number of aromatic nitrogens is 1. The van der Waals surface area contributed by atoms with Crippen LogP contribution < -0.4 is 5.23 Å². The SMILES string of the molecule is [B]Nc1nc(CCO)c(C)s1. The molecule has 0 atom stereocenters. The van der Waals surface area contributed by atoms with E-state index in [1.165, 1.54) is 11.3 Å². The molecular formula is C6H9BN2OS. The third-order valence-electron chi connectivity index (χ3n) is 1.36. The molecule has 0 spiro atoms. The summed E-state index contributed by atoms with van der Waals surface area (Å²) in [5.41, 5.74) is 0.922. The maximum atomic E-state index is 8.64. The zero-order valence-electron chi connectivity index (χ0n) is 6.29. The van der Waals surface area contributed by atoms with Crippen LogP contribution in [0.4, 0.5) is 5.13 Å². The molecule has 0 amide bonds. The Bertz CT molecular complexity index is 238. The summed E-state index contributed by atoms with van der Waals surface area (Å²) in [7, 11) is 5.16. The van der Waals surface area contributed by atoms with Crippen molar-refractivity contribution in [3.05, 3.63) is 10.6 Å². The standard InChI is InChI=1S/C6H9BN2OS/c1-4-5(2-3-10)8-6(9-7)11-4/h10H,2-3H2,1H3,(H,8,9). The minimum absolute atomic E-state index is 0.134. The Morgan fingerprint density at radius 3 is 2.91 bits per heavy atom. The number of anilines is 1. The van der Waals surface area contributed by atoms with Crippen molar-refractivity contribution >= 4 is 24.4 Å². The molecule has 58 valence electrons. The van der Waals surface area contributed by atoms with Crippen LogP contribution in [-0.2, 0) is 6.42 Å². The lowest BCUT2D eigenvalue weighted by molar-refractivity contribution is 0.298. The Balaban J connectivity index is 2.79. The van der Waals surface area contributed by atoms with Gasteiger partial charge in [-0.25, -0.2) is 4.98 Å². The molecule has 0 aliphatic rings. The number of thiazole rings is 1. The highest BCUT2D eigenvalue weighted by atomic mass is 32.1. The van der Waals surface area contributed by atoms with Crippen LogP contribution in [0.3, 0.4) is 0 Å². The van der Waals surface area contributed by atoms with Crippen molar-refractivity contribution in [1.82, 2.24) is 4.98 Å². The van der Waals surface area contributed by atoms with Gasteiger partial charge in [0, 0.05) is 17.9 Å². The fraction of sp³-hybridized carbons (Fsp3) is 0.500. The first-order chi connectivity index (χ1) is 5.27. The van der Waals surface area contributed by atoms with Gasteiger partial charge in [0.1, 0.15) is 0 Å². The third kappa shape index (κ3) is 1.94. The predicted molar refractivity (Wildman–Crippen MR) is 47.0 cm³/mol. The smallest absolute Gasteiger partial charge is 0.225 e. The highest BCUT2D eigenvalue weighted by molar-refractivity contribution is 7.15. The molecule has 5 heteroatoms. The van der Waals surface area contributed by atoms with E-state index in [-0.39, 0.29) is 6.61 Å². The second-order valence-corrected chi connectivity index (χ2v) is 3.34. The zero-order valence-corrected chi connectivity index (χ0v) is 7.11. The van der Waals surface area contributed by atoms with E-state index in [0.29, 0.717) is 11.6 Å². The Labute approximate surface area is 70.9 Å². The monoisotopic (exact) mass is 168 g/mol. The van der Waals surface area contributed by atoms with Gasteiger partial charge in [-0.3, -0.25) is 0 Å². The van der Waals surface area contributed by atoms with Gasteiger partial charge in [-0.05, 0) is 6.92 Å². The second-order valence-electron chi connectivity index (χ2n) is 2.14. The second kappa shape index (κ2) is 3.73. The summed E-state index contributed by atoms with van der Waals surface area (Å²) in [5, 5.41) is 11.8. The van der Waals surface area contributed by atoms with Crippen LogP contribution >= 0.6 is 11.3 Å². The maximum absolute atomic E-state index is 8.64. The Kier molecular flexibility index (Phi) is 2.90. The number of nitrogens with zero attached hydrogens (tertiary/aromatic N) is 1. The summed E-state index contributed by atoms with van der Waals surface area (Å²) >= 11 is 1.50. The lowest BCUT2D eigenvalue weighted by atomic mass is 10.3. The average molecular weight is 168 g/mol. The van der Waals surface area contributed by atoms with Crippen molar-refractivity contribution in [2.24, 2.45) is 0 Å². The lowest BCUT2D eigenvalue weighted by Crippen LogP contribution is -1.94. The van der Waals surface area contributed by atoms with E-state index in [1.807, 2.05) is 6.92 Å². The molecule has 2 N–H and O–H groups in total.